The van der Waals surface area contributed by atoms with Gasteiger partial charge >= 0.3 is 0 Å². The second kappa shape index (κ2) is 11.1. The van der Waals surface area contributed by atoms with Gasteiger partial charge in [-0.1, -0.05) is 0 Å². The topological polar surface area (TPSA) is 123 Å². The van der Waals surface area contributed by atoms with Crippen LogP contribution in [0.1, 0.15) is 29.9 Å². The zero-order chi connectivity index (χ0) is 26.8. The number of pyridine rings is 1. The van der Waals surface area contributed by atoms with Gasteiger partial charge in [0, 0.05) is 44.3 Å². The predicted molar refractivity (Wildman–Crippen MR) is 142 cm³/mol. The lowest BCUT2D eigenvalue weighted by Crippen LogP contribution is -2.48. The molecule has 11 nitrogen and oxygen atoms in total. The number of methoxy groups -OCH3 is 1. The van der Waals surface area contributed by atoms with E-state index in [1.807, 2.05) is 30.5 Å². The van der Waals surface area contributed by atoms with E-state index in [2.05, 4.69) is 20.2 Å². The van der Waals surface area contributed by atoms with Crippen LogP contribution in [0.5, 0.6) is 11.5 Å². The number of hydrogen-bond acceptors (Lipinski definition) is 9. The summed E-state index contributed by atoms with van der Waals surface area (Å²) >= 11 is 0. The Morgan fingerprint density at radius 2 is 2.08 bits per heavy atom. The number of anilines is 1. The lowest BCUT2D eigenvalue weighted by atomic mass is 10.2. The first-order valence-corrected chi connectivity index (χ1v) is 12.9. The van der Waals surface area contributed by atoms with Crippen LogP contribution >= 0.6 is 0 Å². The molecule has 3 atom stereocenters. The van der Waals surface area contributed by atoms with Gasteiger partial charge in [-0.3, -0.25) is 19.2 Å². The first kappa shape index (κ1) is 26.1. The van der Waals surface area contributed by atoms with E-state index in [1.54, 1.807) is 32.4 Å². The summed E-state index contributed by atoms with van der Waals surface area (Å²) in [4.78, 5) is 28.5. The first-order valence-electron chi connectivity index (χ1n) is 12.9. The van der Waals surface area contributed by atoms with Gasteiger partial charge < -0.3 is 24.6 Å². The van der Waals surface area contributed by atoms with Gasteiger partial charge in [-0.2, -0.15) is 4.99 Å². The van der Waals surface area contributed by atoms with Crippen LogP contribution in [0.25, 0.3) is 10.9 Å². The Hall–Kier alpha value is -3.54. The summed E-state index contributed by atoms with van der Waals surface area (Å²) in [6.07, 6.45) is 1.20. The lowest BCUT2D eigenvalue weighted by molar-refractivity contribution is -0.0787. The number of aromatic nitrogens is 3. The number of carbonyl (C=O) groups is 1. The fourth-order valence-corrected chi connectivity index (χ4v) is 5.18. The number of hydrogen-bond donors (Lipinski definition) is 2. The number of aliphatic hydroxyl groups is 1. The standard InChI is InChI=1S/C27H34N6O5/c1-16-12-32(13-17(2)38-16)14-19(34)15-37-22-8-7-21-23(24(22)36-4)30-27(33-11-10-29-25(21)33)31-26(35)20-6-5-9-28-18(20)3/h5-9,16-17,19,29,34H,10-15H2,1-4H3/t16-,17+,19-/m1/s1. The van der Waals surface area contributed by atoms with Gasteiger partial charge in [-0.15, -0.1) is 0 Å². The Bertz CT molecular complexity index is 1400. The van der Waals surface area contributed by atoms with E-state index in [9.17, 15) is 9.90 Å². The van der Waals surface area contributed by atoms with Crippen molar-refractivity contribution in [2.24, 2.45) is 4.99 Å². The monoisotopic (exact) mass is 522 g/mol. The number of benzene rings is 1. The van der Waals surface area contributed by atoms with Crippen LogP contribution in [-0.4, -0.2) is 88.7 Å². The Labute approximate surface area is 221 Å². The van der Waals surface area contributed by atoms with Crippen molar-refractivity contribution in [1.82, 2.24) is 19.4 Å². The highest BCUT2D eigenvalue weighted by atomic mass is 16.5. The summed E-state index contributed by atoms with van der Waals surface area (Å²) in [6, 6.07) is 7.13. The average Bonchev–Trinajstić information content (AvgIpc) is 3.37. The molecule has 0 unspecified atom stereocenters. The molecule has 1 fully saturated rings. The van der Waals surface area contributed by atoms with E-state index in [4.69, 9.17) is 19.2 Å². The molecule has 38 heavy (non-hydrogen) atoms. The molecule has 3 aromatic rings. The van der Waals surface area contributed by atoms with Crippen molar-refractivity contribution in [2.75, 3.05) is 45.2 Å². The van der Waals surface area contributed by atoms with E-state index < -0.39 is 12.0 Å². The van der Waals surface area contributed by atoms with Gasteiger partial charge in [0.15, 0.2) is 11.5 Å². The maximum Gasteiger partial charge on any atom is 0.282 e. The van der Waals surface area contributed by atoms with Crippen LogP contribution in [0.2, 0.25) is 0 Å². The maximum absolute atomic E-state index is 13.0. The highest BCUT2D eigenvalue weighted by Crippen LogP contribution is 2.37. The number of amides is 1. The molecule has 0 spiro atoms. The van der Waals surface area contributed by atoms with Gasteiger partial charge in [0.2, 0.25) is 5.62 Å². The summed E-state index contributed by atoms with van der Waals surface area (Å²) in [5.41, 5.74) is 1.83. The molecule has 0 radical (unpaired) electrons. The van der Waals surface area contributed by atoms with E-state index >= 15 is 0 Å². The summed E-state index contributed by atoms with van der Waals surface area (Å²) in [7, 11) is 1.55. The largest absolute Gasteiger partial charge is 0.491 e. The maximum atomic E-state index is 13.0. The Kier molecular flexibility index (Phi) is 7.59. The minimum absolute atomic E-state index is 0.0932. The number of fused-ring (bicyclic) bond motifs is 3. The van der Waals surface area contributed by atoms with Crippen LogP contribution in [0.3, 0.4) is 0 Å². The second-order valence-electron chi connectivity index (χ2n) is 9.83. The van der Waals surface area contributed by atoms with Crippen molar-refractivity contribution < 1.29 is 24.1 Å². The number of nitrogens with one attached hydrogen (secondary N) is 1. The van der Waals surface area contributed by atoms with Gasteiger partial charge in [0.05, 0.1) is 30.6 Å². The second-order valence-corrected chi connectivity index (χ2v) is 9.83. The molecule has 2 aromatic heterocycles. The van der Waals surface area contributed by atoms with Crippen LogP contribution < -0.4 is 20.4 Å². The van der Waals surface area contributed by atoms with E-state index in [0.29, 0.717) is 47.9 Å². The molecule has 2 aliphatic rings. The van der Waals surface area contributed by atoms with Crippen LogP contribution in [-0.2, 0) is 11.3 Å². The van der Waals surface area contributed by atoms with E-state index in [-0.39, 0.29) is 24.4 Å². The summed E-state index contributed by atoms with van der Waals surface area (Å²) < 4.78 is 19.4. The van der Waals surface area contributed by atoms with Crippen LogP contribution in [0.15, 0.2) is 35.5 Å². The SMILES string of the molecule is COc1c(OC[C@H](O)CN2C[C@@H](C)O[C@@H](C)C2)ccc2c3n(c(=NC(=O)c4cccnc4C)nc12)CCN3. The van der Waals surface area contributed by atoms with Crippen LogP contribution in [0, 0.1) is 6.92 Å². The summed E-state index contributed by atoms with van der Waals surface area (Å²) in [6.45, 7) is 9.28. The molecule has 2 N–H and O–H groups in total. The molecule has 11 heteroatoms. The molecular formula is C27H34N6O5. The van der Waals surface area contributed by atoms with Crippen molar-refractivity contribution in [3.8, 4) is 11.5 Å². The summed E-state index contributed by atoms with van der Waals surface area (Å²) in [5, 5.41) is 14.9. The minimum Gasteiger partial charge on any atom is -0.491 e. The fraction of sp³-hybridized carbons (Fsp3) is 0.481. The molecule has 0 saturated carbocycles. The number of rotatable bonds is 7. The molecule has 0 bridgehead atoms. The number of morpholine rings is 1. The average molecular weight is 523 g/mol. The van der Waals surface area contributed by atoms with Gasteiger partial charge in [0.25, 0.3) is 5.91 Å². The number of carbonyl (C=O) groups excluding carboxylic acids is 1. The Balaban J connectivity index is 1.43. The Morgan fingerprint density at radius 1 is 1.29 bits per heavy atom. The highest BCUT2D eigenvalue weighted by Gasteiger charge is 2.25. The molecule has 1 aromatic carbocycles. The minimum atomic E-state index is -0.691. The number of ether oxygens (including phenoxy) is 3. The van der Waals surface area contributed by atoms with Crippen molar-refractivity contribution >= 4 is 22.6 Å². The molecule has 2 aliphatic heterocycles. The zero-order valence-electron chi connectivity index (χ0n) is 22.2. The van der Waals surface area contributed by atoms with E-state index in [1.165, 1.54) is 0 Å². The highest BCUT2D eigenvalue weighted by molar-refractivity contribution is 5.97. The van der Waals surface area contributed by atoms with Crippen LogP contribution in [0.4, 0.5) is 5.82 Å². The molecule has 4 heterocycles. The molecule has 0 aliphatic carbocycles. The fourth-order valence-electron chi connectivity index (χ4n) is 5.18. The number of aliphatic hydroxyl groups excluding tert-OH is 1. The number of β-amino-alcohol motifs (C(OH)–C–C–N with tert-alkyl or cyclic N) is 1. The number of aryl methyl sites for hydroxylation is 1. The quantitative estimate of drug-likeness (QED) is 0.478. The third kappa shape index (κ3) is 5.35. The normalized spacial score (nSPS) is 20.7. The third-order valence-corrected chi connectivity index (χ3v) is 6.74. The van der Waals surface area contributed by atoms with Gasteiger partial charge in [-0.05, 0) is 45.0 Å². The summed E-state index contributed by atoms with van der Waals surface area (Å²) in [5.74, 6) is 1.27. The van der Waals surface area contributed by atoms with Crippen molar-refractivity contribution in [2.45, 2.75) is 45.6 Å². The van der Waals surface area contributed by atoms with Crippen molar-refractivity contribution in [1.29, 1.82) is 0 Å². The number of nitrogens with zero attached hydrogens (tertiary/aromatic N) is 5. The third-order valence-electron chi connectivity index (χ3n) is 6.74. The smallest absolute Gasteiger partial charge is 0.282 e. The van der Waals surface area contributed by atoms with Crippen molar-refractivity contribution in [3.63, 3.8) is 0 Å². The Morgan fingerprint density at radius 3 is 2.82 bits per heavy atom. The molecule has 202 valence electrons. The van der Waals surface area contributed by atoms with Gasteiger partial charge in [-0.25, -0.2) is 4.98 Å². The predicted octanol–water partition coefficient (Wildman–Crippen LogP) is 1.76. The van der Waals surface area contributed by atoms with E-state index in [0.717, 1.165) is 24.3 Å². The molecule has 5 rings (SSSR count). The molecular weight excluding hydrogens is 488 g/mol. The lowest BCUT2D eigenvalue weighted by Gasteiger charge is -2.36. The molecule has 1 amide bonds. The van der Waals surface area contributed by atoms with Crippen molar-refractivity contribution in [3.05, 3.63) is 47.3 Å². The van der Waals surface area contributed by atoms with Gasteiger partial charge in [0.1, 0.15) is 24.0 Å². The first-order chi connectivity index (χ1) is 18.3. The zero-order valence-corrected chi connectivity index (χ0v) is 22.2. The molecule has 1 saturated heterocycles.